The molecule has 1 fully saturated rings. The first-order chi connectivity index (χ1) is 14.8. The molecule has 0 radical (unpaired) electrons. The maximum atomic E-state index is 11.2. The van der Waals surface area contributed by atoms with Gasteiger partial charge in [-0.25, -0.2) is 0 Å². The molecule has 1 aliphatic rings. The average molecular weight is 431 g/mol. The van der Waals surface area contributed by atoms with E-state index >= 15 is 0 Å². The lowest BCUT2D eigenvalue weighted by molar-refractivity contribution is -0.140. The van der Waals surface area contributed by atoms with E-state index in [4.69, 9.17) is 9.47 Å². The van der Waals surface area contributed by atoms with Gasteiger partial charge in [0.15, 0.2) is 6.29 Å². The summed E-state index contributed by atoms with van der Waals surface area (Å²) in [5.41, 5.74) is 5.17. The van der Waals surface area contributed by atoms with Crippen molar-refractivity contribution in [3.8, 4) is 11.5 Å². The van der Waals surface area contributed by atoms with E-state index in [2.05, 4.69) is 23.8 Å². The van der Waals surface area contributed by atoms with Gasteiger partial charge in [0.25, 0.3) is 0 Å². The molecule has 1 heterocycles. The molecule has 0 aromatic heterocycles. The quantitative estimate of drug-likeness (QED) is 0.360. The van der Waals surface area contributed by atoms with Gasteiger partial charge in [-0.3, -0.25) is 4.79 Å². The van der Waals surface area contributed by atoms with Gasteiger partial charge in [-0.05, 0) is 83.4 Å². The van der Waals surface area contributed by atoms with Crippen LogP contribution in [0.5, 0.6) is 11.5 Å². The van der Waals surface area contributed by atoms with E-state index in [1.807, 2.05) is 26.8 Å². The third-order valence-corrected chi connectivity index (χ3v) is 5.95. The summed E-state index contributed by atoms with van der Waals surface area (Å²) in [5.74, 6) is 0.972. The van der Waals surface area contributed by atoms with Crippen molar-refractivity contribution in [2.75, 3.05) is 13.7 Å². The van der Waals surface area contributed by atoms with Crippen LogP contribution in [-0.2, 0) is 20.7 Å². The summed E-state index contributed by atoms with van der Waals surface area (Å²) in [4.78, 5) is 11.2. The van der Waals surface area contributed by atoms with E-state index in [0.29, 0.717) is 18.6 Å². The second-order valence-electron chi connectivity index (χ2n) is 8.47. The molecule has 5 nitrogen and oxygen atoms in total. The predicted octanol–water partition coefficient (Wildman–Crippen LogP) is 6.08. The van der Waals surface area contributed by atoms with Crippen LogP contribution in [0.25, 0.3) is 0 Å². The van der Waals surface area contributed by atoms with Crippen molar-refractivity contribution in [3.63, 3.8) is 0 Å². The number of methoxy groups -OCH3 is 1. The van der Waals surface area contributed by atoms with E-state index in [1.54, 1.807) is 0 Å². The molecule has 1 atom stereocenters. The number of allylic oxidation sites excluding steroid dienone is 4. The molecule has 1 aromatic rings. The first-order valence-electron chi connectivity index (χ1n) is 11.3. The normalized spacial score (nSPS) is 17.5. The molecule has 0 spiro atoms. The second kappa shape index (κ2) is 12.6. The Hall–Kier alpha value is -2.27. The van der Waals surface area contributed by atoms with Gasteiger partial charge in [0.1, 0.15) is 11.5 Å². The van der Waals surface area contributed by atoms with Crippen LogP contribution >= 0.6 is 0 Å². The van der Waals surface area contributed by atoms with Crippen molar-refractivity contribution in [2.45, 2.75) is 85.4 Å². The van der Waals surface area contributed by atoms with Crippen LogP contribution in [-0.4, -0.2) is 31.1 Å². The zero-order chi connectivity index (χ0) is 22.8. The largest absolute Gasteiger partial charge is 0.507 e. The van der Waals surface area contributed by atoms with Gasteiger partial charge < -0.3 is 19.3 Å². The molecule has 0 saturated carbocycles. The number of ether oxygens (including phenoxy) is 3. The first-order valence-corrected chi connectivity index (χ1v) is 11.3. The second-order valence-corrected chi connectivity index (χ2v) is 8.47. The maximum Gasteiger partial charge on any atom is 0.305 e. The molecule has 2 rings (SSSR count). The van der Waals surface area contributed by atoms with Gasteiger partial charge in [0.2, 0.25) is 0 Å². The van der Waals surface area contributed by atoms with Crippen LogP contribution < -0.4 is 4.74 Å². The summed E-state index contributed by atoms with van der Waals surface area (Å²) in [5, 5.41) is 10.6. The number of carbonyl (C=O) groups is 1. The Kier molecular flexibility index (Phi) is 10.1. The van der Waals surface area contributed by atoms with Crippen LogP contribution in [0.4, 0.5) is 0 Å². The summed E-state index contributed by atoms with van der Waals surface area (Å²) < 4.78 is 16.5. The maximum absolute atomic E-state index is 11.2. The summed E-state index contributed by atoms with van der Waals surface area (Å²) in [6.45, 7) is 8.82. The fourth-order valence-electron chi connectivity index (χ4n) is 3.60. The minimum absolute atomic E-state index is 0.171. The van der Waals surface area contributed by atoms with Gasteiger partial charge >= 0.3 is 5.97 Å². The summed E-state index contributed by atoms with van der Waals surface area (Å²) in [7, 11) is 1.42. The van der Waals surface area contributed by atoms with E-state index < -0.39 is 0 Å². The third-order valence-electron chi connectivity index (χ3n) is 5.95. The number of phenolic OH excluding ortho intramolecular Hbond substituents is 1. The van der Waals surface area contributed by atoms with E-state index in [1.165, 1.54) is 18.3 Å². The highest BCUT2D eigenvalue weighted by molar-refractivity contribution is 5.69. The number of phenols is 1. The van der Waals surface area contributed by atoms with Crippen molar-refractivity contribution in [3.05, 3.63) is 46.1 Å². The van der Waals surface area contributed by atoms with Gasteiger partial charge in [0, 0.05) is 18.4 Å². The Bertz CT molecular complexity index is 801. The number of carbonyl (C=O) groups excluding carboxylic acids is 1. The lowest BCUT2D eigenvalue weighted by Crippen LogP contribution is -2.25. The van der Waals surface area contributed by atoms with Crippen molar-refractivity contribution in [1.29, 1.82) is 0 Å². The molecule has 172 valence electrons. The number of rotatable bonds is 10. The van der Waals surface area contributed by atoms with Gasteiger partial charge in [-0.2, -0.15) is 0 Å². The number of hydrogen-bond donors (Lipinski definition) is 1. The fourth-order valence-corrected chi connectivity index (χ4v) is 3.60. The van der Waals surface area contributed by atoms with Crippen LogP contribution in [0.3, 0.4) is 0 Å². The Morgan fingerprint density at radius 3 is 2.55 bits per heavy atom. The lowest BCUT2D eigenvalue weighted by atomic mass is 9.99. The standard InChI is InChI=1S/C26H38O5/c1-18(9-8-10-19(2)13-15-24(27)29-5)12-14-22-17-23(20(3)21(4)26(22)28)31-25-11-6-7-16-30-25/h10,12,17,25,28H,6-9,11,13-16H2,1-5H3/b18-12+,19-10+. The SMILES string of the molecule is COC(=O)CC/C(C)=C/CC/C(C)=C/Cc1cc(OC2CCCCO2)c(C)c(C)c1O. The molecular weight excluding hydrogens is 392 g/mol. The highest BCUT2D eigenvalue weighted by Gasteiger charge is 2.19. The van der Waals surface area contributed by atoms with Crippen molar-refractivity contribution >= 4 is 5.97 Å². The molecule has 1 aliphatic heterocycles. The highest BCUT2D eigenvalue weighted by Crippen LogP contribution is 2.34. The summed E-state index contributed by atoms with van der Waals surface area (Å²) >= 11 is 0. The number of benzene rings is 1. The molecular formula is C26H38O5. The molecule has 1 saturated heterocycles. The molecule has 0 bridgehead atoms. The van der Waals surface area contributed by atoms with Crippen molar-refractivity contribution in [2.24, 2.45) is 0 Å². The average Bonchev–Trinajstić information content (AvgIpc) is 2.77. The van der Waals surface area contributed by atoms with Crippen molar-refractivity contribution < 1.29 is 24.1 Å². The molecule has 5 heteroatoms. The van der Waals surface area contributed by atoms with E-state index in [9.17, 15) is 9.90 Å². The number of hydrogen-bond acceptors (Lipinski definition) is 5. The van der Waals surface area contributed by atoms with Crippen LogP contribution in [0, 0.1) is 13.8 Å². The molecule has 1 unspecified atom stereocenters. The Morgan fingerprint density at radius 1 is 1.13 bits per heavy atom. The van der Waals surface area contributed by atoms with E-state index in [0.717, 1.165) is 67.6 Å². The highest BCUT2D eigenvalue weighted by atomic mass is 16.7. The fraction of sp³-hybridized carbons (Fsp3) is 0.577. The monoisotopic (exact) mass is 430 g/mol. The number of esters is 1. The summed E-state index contributed by atoms with van der Waals surface area (Å²) in [6, 6.07) is 1.95. The molecule has 0 amide bonds. The van der Waals surface area contributed by atoms with Crippen LogP contribution in [0.1, 0.15) is 75.5 Å². The predicted molar refractivity (Wildman–Crippen MR) is 124 cm³/mol. The molecule has 0 aliphatic carbocycles. The Morgan fingerprint density at radius 2 is 1.87 bits per heavy atom. The zero-order valence-corrected chi connectivity index (χ0v) is 19.8. The van der Waals surface area contributed by atoms with Gasteiger partial charge in [-0.1, -0.05) is 23.3 Å². The Balaban J connectivity index is 1.96. The minimum Gasteiger partial charge on any atom is -0.507 e. The molecule has 31 heavy (non-hydrogen) atoms. The third kappa shape index (κ3) is 8.06. The van der Waals surface area contributed by atoms with E-state index in [-0.39, 0.29) is 12.3 Å². The molecule has 1 N–H and O–H groups in total. The lowest BCUT2D eigenvalue weighted by Gasteiger charge is -2.25. The topological polar surface area (TPSA) is 65.0 Å². The van der Waals surface area contributed by atoms with Gasteiger partial charge in [-0.15, -0.1) is 0 Å². The van der Waals surface area contributed by atoms with Crippen LogP contribution in [0.15, 0.2) is 29.4 Å². The smallest absolute Gasteiger partial charge is 0.305 e. The summed E-state index contributed by atoms with van der Waals surface area (Å²) in [6.07, 6.45) is 11.0. The van der Waals surface area contributed by atoms with Crippen molar-refractivity contribution in [1.82, 2.24) is 0 Å². The zero-order valence-electron chi connectivity index (χ0n) is 19.8. The van der Waals surface area contributed by atoms with Gasteiger partial charge in [0.05, 0.1) is 13.7 Å². The van der Waals surface area contributed by atoms with Crippen LogP contribution in [0.2, 0.25) is 0 Å². The number of aromatic hydroxyl groups is 1. The Labute approximate surface area is 187 Å². The minimum atomic E-state index is -0.198. The molecule has 1 aromatic carbocycles. The first kappa shape index (κ1) is 25.0.